The number of methoxy groups -OCH3 is 1. The molecule has 0 saturated heterocycles. The molecule has 1 heterocycles. The Labute approximate surface area is 180 Å². The fourth-order valence-electron chi connectivity index (χ4n) is 3.26. The summed E-state index contributed by atoms with van der Waals surface area (Å²) in [5.74, 6) is 1.34. The molecule has 0 aliphatic heterocycles. The number of nitrogens with zero attached hydrogens (tertiary/aromatic N) is 1. The van der Waals surface area contributed by atoms with Gasteiger partial charge in [-0.2, -0.15) is 0 Å². The topological polar surface area (TPSA) is 102 Å². The first-order valence-corrected chi connectivity index (χ1v) is 10.0. The lowest BCUT2D eigenvalue weighted by atomic mass is 10.1. The summed E-state index contributed by atoms with van der Waals surface area (Å²) in [5, 5.41) is 9.07. The molecule has 0 unspecified atom stereocenters. The minimum absolute atomic E-state index is 0.199. The van der Waals surface area contributed by atoms with Gasteiger partial charge in [0.05, 0.1) is 18.2 Å². The zero-order valence-corrected chi connectivity index (χ0v) is 17.6. The molecule has 0 radical (unpaired) electrons. The fourth-order valence-corrected chi connectivity index (χ4v) is 3.26. The Hall–Kier alpha value is -3.81. The molecule has 1 fully saturated rings. The smallest absolute Gasteiger partial charge is 0.319 e. The van der Waals surface area contributed by atoms with Gasteiger partial charge >= 0.3 is 6.03 Å². The van der Waals surface area contributed by atoms with Crippen molar-refractivity contribution in [3.8, 4) is 17.2 Å². The highest BCUT2D eigenvalue weighted by Gasteiger charge is 2.23. The van der Waals surface area contributed by atoms with Crippen molar-refractivity contribution >= 4 is 28.5 Å². The van der Waals surface area contributed by atoms with Gasteiger partial charge in [-0.3, -0.25) is 9.78 Å². The number of urea groups is 1. The number of rotatable bonds is 6. The lowest BCUT2D eigenvalue weighted by molar-refractivity contribution is 0.0960. The number of pyridine rings is 1. The van der Waals surface area contributed by atoms with Crippen LogP contribution in [0, 0.1) is 6.92 Å². The van der Waals surface area contributed by atoms with E-state index in [9.17, 15) is 9.59 Å². The third kappa shape index (κ3) is 4.53. The molecular formula is C23H24N4O4. The second-order valence-corrected chi connectivity index (χ2v) is 7.41. The van der Waals surface area contributed by atoms with Crippen molar-refractivity contribution in [3.05, 3.63) is 53.7 Å². The maximum absolute atomic E-state index is 12.3. The monoisotopic (exact) mass is 420 g/mol. The average molecular weight is 420 g/mol. The predicted molar refractivity (Wildman–Crippen MR) is 118 cm³/mol. The first kappa shape index (κ1) is 20.5. The number of fused-ring (bicyclic) bond motifs is 1. The maximum atomic E-state index is 12.3. The van der Waals surface area contributed by atoms with Gasteiger partial charge in [0.1, 0.15) is 17.2 Å². The zero-order chi connectivity index (χ0) is 22.0. The third-order valence-corrected chi connectivity index (χ3v) is 5.08. The highest BCUT2D eigenvalue weighted by molar-refractivity contribution is 6.02. The van der Waals surface area contributed by atoms with Crippen molar-refractivity contribution in [2.24, 2.45) is 0 Å². The summed E-state index contributed by atoms with van der Waals surface area (Å²) in [7, 11) is 3.08. The molecule has 0 bridgehead atoms. The molecule has 1 aliphatic carbocycles. The highest BCUT2D eigenvalue weighted by Crippen LogP contribution is 2.34. The number of benzene rings is 2. The molecule has 3 aromatic rings. The molecule has 1 saturated carbocycles. The standard InChI is InChI=1S/C23H24N4O4/c1-13-10-15(6-7-18(13)27-23(29)26-14-4-5-14)31-20-8-9-25-19-12-21(30-3)17(11-16(19)20)22(28)24-2/h6-12,14H,4-5H2,1-3H3,(H,24,28)(H2,26,27,29). The summed E-state index contributed by atoms with van der Waals surface area (Å²) in [6.45, 7) is 1.90. The summed E-state index contributed by atoms with van der Waals surface area (Å²) in [6, 6.07) is 10.7. The van der Waals surface area contributed by atoms with Crippen LogP contribution in [0.15, 0.2) is 42.6 Å². The van der Waals surface area contributed by atoms with Gasteiger partial charge in [-0.15, -0.1) is 0 Å². The molecule has 3 amide bonds. The molecule has 0 spiro atoms. The molecule has 8 nitrogen and oxygen atoms in total. The molecule has 4 rings (SSSR count). The van der Waals surface area contributed by atoms with E-state index in [0.717, 1.165) is 24.1 Å². The molecule has 0 atom stereocenters. The number of carbonyl (C=O) groups is 2. The number of hydrogen-bond acceptors (Lipinski definition) is 5. The maximum Gasteiger partial charge on any atom is 0.319 e. The van der Waals surface area contributed by atoms with E-state index in [2.05, 4.69) is 20.9 Å². The Morgan fingerprint density at radius 1 is 1.10 bits per heavy atom. The van der Waals surface area contributed by atoms with E-state index < -0.39 is 0 Å². The van der Waals surface area contributed by atoms with Crippen molar-refractivity contribution in [3.63, 3.8) is 0 Å². The molecule has 3 N–H and O–H groups in total. The second-order valence-electron chi connectivity index (χ2n) is 7.41. The van der Waals surface area contributed by atoms with Gasteiger partial charge in [0.15, 0.2) is 0 Å². The van der Waals surface area contributed by atoms with E-state index in [1.807, 2.05) is 13.0 Å². The van der Waals surface area contributed by atoms with Crippen molar-refractivity contribution in [1.29, 1.82) is 0 Å². The summed E-state index contributed by atoms with van der Waals surface area (Å²) in [4.78, 5) is 28.6. The Balaban J connectivity index is 1.61. The van der Waals surface area contributed by atoms with Gasteiger partial charge in [-0.1, -0.05) is 0 Å². The van der Waals surface area contributed by atoms with Gasteiger partial charge in [0, 0.05) is 36.4 Å². The van der Waals surface area contributed by atoms with E-state index in [-0.39, 0.29) is 11.9 Å². The number of aryl methyl sites for hydroxylation is 1. The van der Waals surface area contributed by atoms with Crippen molar-refractivity contribution in [1.82, 2.24) is 15.6 Å². The van der Waals surface area contributed by atoms with Crippen LogP contribution in [-0.4, -0.2) is 37.1 Å². The Bertz CT molecular complexity index is 1160. The number of ether oxygens (including phenoxy) is 2. The minimum atomic E-state index is -0.260. The van der Waals surface area contributed by atoms with E-state index >= 15 is 0 Å². The predicted octanol–water partition coefficient (Wildman–Crippen LogP) is 3.99. The van der Waals surface area contributed by atoms with E-state index in [1.54, 1.807) is 43.6 Å². The summed E-state index contributed by atoms with van der Waals surface area (Å²) < 4.78 is 11.4. The first-order valence-electron chi connectivity index (χ1n) is 10.0. The quantitative estimate of drug-likeness (QED) is 0.560. The zero-order valence-electron chi connectivity index (χ0n) is 17.6. The number of carbonyl (C=O) groups excluding carboxylic acids is 2. The Morgan fingerprint density at radius 2 is 1.90 bits per heavy atom. The van der Waals surface area contributed by atoms with Crippen LogP contribution in [0.2, 0.25) is 0 Å². The van der Waals surface area contributed by atoms with Gasteiger partial charge in [-0.05, 0) is 55.7 Å². The second kappa shape index (κ2) is 8.51. The van der Waals surface area contributed by atoms with E-state index in [4.69, 9.17) is 9.47 Å². The largest absolute Gasteiger partial charge is 0.496 e. The number of amides is 3. The van der Waals surface area contributed by atoms with Crippen LogP contribution in [-0.2, 0) is 0 Å². The lowest BCUT2D eigenvalue weighted by Gasteiger charge is -2.14. The van der Waals surface area contributed by atoms with Gasteiger partial charge < -0.3 is 25.4 Å². The number of aromatic nitrogens is 1. The molecule has 1 aliphatic rings. The van der Waals surface area contributed by atoms with Crippen LogP contribution >= 0.6 is 0 Å². The van der Waals surface area contributed by atoms with Crippen molar-refractivity contribution < 1.29 is 19.1 Å². The Morgan fingerprint density at radius 3 is 2.58 bits per heavy atom. The van der Waals surface area contributed by atoms with E-state index in [0.29, 0.717) is 39.8 Å². The molecule has 2 aromatic carbocycles. The van der Waals surface area contributed by atoms with E-state index in [1.165, 1.54) is 7.11 Å². The number of nitrogens with one attached hydrogen (secondary N) is 3. The van der Waals surface area contributed by atoms with Crippen molar-refractivity contribution in [2.45, 2.75) is 25.8 Å². The normalized spacial score (nSPS) is 12.9. The van der Waals surface area contributed by atoms with Crippen LogP contribution < -0.4 is 25.4 Å². The van der Waals surface area contributed by atoms with Gasteiger partial charge in [0.25, 0.3) is 5.91 Å². The SMILES string of the molecule is CNC(=O)c1cc2c(Oc3ccc(NC(=O)NC4CC4)c(C)c3)ccnc2cc1OC. The van der Waals surface area contributed by atoms with Crippen LogP contribution in [0.4, 0.5) is 10.5 Å². The molecule has 160 valence electrons. The molecular weight excluding hydrogens is 396 g/mol. The molecule has 1 aromatic heterocycles. The fraction of sp³-hybridized carbons (Fsp3) is 0.261. The molecule has 31 heavy (non-hydrogen) atoms. The summed E-state index contributed by atoms with van der Waals surface area (Å²) in [6.07, 6.45) is 3.71. The van der Waals surface area contributed by atoms with Crippen LogP contribution in [0.5, 0.6) is 17.2 Å². The Kier molecular flexibility index (Phi) is 5.62. The summed E-state index contributed by atoms with van der Waals surface area (Å²) >= 11 is 0. The first-order chi connectivity index (χ1) is 15.0. The van der Waals surface area contributed by atoms with Crippen molar-refractivity contribution in [2.75, 3.05) is 19.5 Å². The lowest BCUT2D eigenvalue weighted by Crippen LogP contribution is -2.30. The van der Waals surface area contributed by atoms with Gasteiger partial charge in [0.2, 0.25) is 0 Å². The average Bonchev–Trinajstić information content (AvgIpc) is 3.58. The van der Waals surface area contributed by atoms with Gasteiger partial charge in [-0.25, -0.2) is 4.79 Å². The van der Waals surface area contributed by atoms with Crippen LogP contribution in [0.1, 0.15) is 28.8 Å². The van der Waals surface area contributed by atoms with Crippen LogP contribution in [0.3, 0.4) is 0 Å². The summed E-state index contributed by atoms with van der Waals surface area (Å²) in [5.41, 5.74) is 2.63. The highest BCUT2D eigenvalue weighted by atomic mass is 16.5. The minimum Gasteiger partial charge on any atom is -0.496 e. The number of hydrogen-bond donors (Lipinski definition) is 3. The third-order valence-electron chi connectivity index (χ3n) is 5.08. The molecule has 8 heteroatoms. The number of anilines is 1. The van der Waals surface area contributed by atoms with Crippen LogP contribution in [0.25, 0.3) is 10.9 Å².